The molecule has 0 saturated carbocycles. The van der Waals surface area contributed by atoms with Crippen LogP contribution in [-0.2, 0) is 9.53 Å². The lowest BCUT2D eigenvalue weighted by Crippen LogP contribution is -1.97. The summed E-state index contributed by atoms with van der Waals surface area (Å²) < 4.78 is 5.17. The van der Waals surface area contributed by atoms with Crippen LogP contribution in [0.5, 0.6) is 0 Å². The zero-order chi connectivity index (χ0) is 12.8. The average molecular weight is 250 g/mol. The maximum atomic E-state index is 11.5. The molecule has 1 rings (SSSR count). The highest BCUT2D eigenvalue weighted by Gasteiger charge is 2.09. The zero-order valence-corrected chi connectivity index (χ0v) is 11.4. The van der Waals surface area contributed by atoms with Gasteiger partial charge in [0.2, 0.25) is 0 Å². The number of hydrogen-bond donors (Lipinski definition) is 0. The fraction of sp³-hybridized carbons (Fsp3) is 0.357. The predicted octanol–water partition coefficient (Wildman–Crippen LogP) is 3.98. The minimum absolute atomic E-state index is 0.0837. The SMILES string of the molecule is C=C(C)S/C(=C/C1=CC=C(OC)CC1)C(C)=O. The lowest BCUT2D eigenvalue weighted by atomic mass is 10.0. The van der Waals surface area contributed by atoms with E-state index in [1.54, 1.807) is 14.0 Å². The van der Waals surface area contributed by atoms with Crippen molar-refractivity contribution in [1.29, 1.82) is 0 Å². The summed E-state index contributed by atoms with van der Waals surface area (Å²) in [4.78, 5) is 13.2. The molecule has 0 unspecified atom stereocenters. The summed E-state index contributed by atoms with van der Waals surface area (Å²) in [6.07, 6.45) is 7.71. The van der Waals surface area contributed by atoms with Crippen molar-refractivity contribution in [2.24, 2.45) is 0 Å². The summed E-state index contributed by atoms with van der Waals surface area (Å²) in [5, 5.41) is 0. The maximum absolute atomic E-state index is 11.5. The van der Waals surface area contributed by atoms with Crippen molar-refractivity contribution >= 4 is 17.5 Å². The van der Waals surface area contributed by atoms with Gasteiger partial charge in [0.15, 0.2) is 5.78 Å². The minimum atomic E-state index is 0.0837. The molecule has 0 radical (unpaired) electrons. The first kappa shape index (κ1) is 13.8. The molecule has 0 bridgehead atoms. The molecule has 0 aromatic carbocycles. The molecule has 0 aliphatic heterocycles. The molecule has 0 fully saturated rings. The fourth-order valence-corrected chi connectivity index (χ4v) is 2.21. The Morgan fingerprint density at radius 1 is 1.41 bits per heavy atom. The van der Waals surface area contributed by atoms with E-state index in [1.165, 1.54) is 11.8 Å². The maximum Gasteiger partial charge on any atom is 0.166 e. The Morgan fingerprint density at radius 2 is 2.12 bits per heavy atom. The minimum Gasteiger partial charge on any atom is -0.501 e. The van der Waals surface area contributed by atoms with E-state index < -0.39 is 0 Å². The van der Waals surface area contributed by atoms with Crippen molar-refractivity contribution in [3.63, 3.8) is 0 Å². The number of ether oxygens (including phenoxy) is 1. The number of ketones is 1. The van der Waals surface area contributed by atoms with Gasteiger partial charge in [-0.2, -0.15) is 0 Å². The molecular formula is C14H18O2S. The van der Waals surface area contributed by atoms with Gasteiger partial charge in [0, 0.05) is 6.42 Å². The molecule has 0 aromatic heterocycles. The van der Waals surface area contributed by atoms with Crippen molar-refractivity contribution < 1.29 is 9.53 Å². The molecule has 0 N–H and O–H groups in total. The van der Waals surface area contributed by atoms with E-state index in [0.29, 0.717) is 0 Å². The average Bonchev–Trinajstić information content (AvgIpc) is 2.28. The highest BCUT2D eigenvalue weighted by Crippen LogP contribution is 2.28. The van der Waals surface area contributed by atoms with Crippen molar-refractivity contribution in [3.8, 4) is 0 Å². The predicted molar refractivity (Wildman–Crippen MR) is 73.6 cm³/mol. The van der Waals surface area contributed by atoms with Crippen LogP contribution < -0.4 is 0 Å². The van der Waals surface area contributed by atoms with Crippen molar-refractivity contribution in [3.05, 3.63) is 45.9 Å². The van der Waals surface area contributed by atoms with Crippen LogP contribution >= 0.6 is 11.8 Å². The Morgan fingerprint density at radius 3 is 2.53 bits per heavy atom. The molecule has 0 saturated heterocycles. The highest BCUT2D eigenvalue weighted by atomic mass is 32.2. The quantitative estimate of drug-likeness (QED) is 0.690. The van der Waals surface area contributed by atoms with Crippen LogP contribution in [-0.4, -0.2) is 12.9 Å². The van der Waals surface area contributed by atoms with E-state index in [1.807, 2.05) is 25.2 Å². The summed E-state index contributed by atoms with van der Waals surface area (Å²) >= 11 is 1.43. The van der Waals surface area contributed by atoms with Gasteiger partial charge >= 0.3 is 0 Å². The second kappa shape index (κ2) is 6.50. The number of Topliss-reactive ketones (excluding diaryl/α,β-unsaturated/α-hetero) is 1. The van der Waals surface area contributed by atoms with E-state index in [0.717, 1.165) is 34.0 Å². The Hall–Kier alpha value is -1.22. The first-order chi connectivity index (χ1) is 8.02. The standard InChI is InChI=1S/C14H18O2S/c1-10(2)17-14(11(3)15)9-12-5-7-13(16-4)8-6-12/h5,7,9H,1,6,8H2,2-4H3/b14-9+. The molecule has 1 aliphatic rings. The second-order valence-corrected chi connectivity index (χ2v) is 5.29. The molecule has 0 heterocycles. The summed E-state index contributed by atoms with van der Waals surface area (Å²) in [7, 11) is 1.68. The van der Waals surface area contributed by atoms with Crippen LogP contribution in [0.25, 0.3) is 0 Å². The van der Waals surface area contributed by atoms with Gasteiger partial charge in [0.1, 0.15) is 0 Å². The van der Waals surface area contributed by atoms with Crippen LogP contribution in [0.2, 0.25) is 0 Å². The van der Waals surface area contributed by atoms with Gasteiger partial charge in [-0.15, -0.1) is 0 Å². The number of thioether (sulfide) groups is 1. The molecule has 0 spiro atoms. The Kier molecular flexibility index (Phi) is 5.29. The van der Waals surface area contributed by atoms with Gasteiger partial charge in [-0.3, -0.25) is 4.79 Å². The Labute approximate surface area is 107 Å². The number of allylic oxidation sites excluding steroid dienone is 7. The monoisotopic (exact) mass is 250 g/mol. The lowest BCUT2D eigenvalue weighted by Gasteiger charge is -2.12. The van der Waals surface area contributed by atoms with E-state index in [-0.39, 0.29) is 5.78 Å². The summed E-state index contributed by atoms with van der Waals surface area (Å²) in [6.45, 7) is 7.30. The van der Waals surface area contributed by atoms with Gasteiger partial charge < -0.3 is 4.74 Å². The first-order valence-electron chi connectivity index (χ1n) is 5.52. The molecule has 0 aromatic rings. The van der Waals surface area contributed by atoms with Gasteiger partial charge in [0.05, 0.1) is 17.8 Å². The van der Waals surface area contributed by atoms with Crippen LogP contribution in [0.1, 0.15) is 26.7 Å². The topological polar surface area (TPSA) is 26.3 Å². The largest absolute Gasteiger partial charge is 0.501 e. The van der Waals surface area contributed by atoms with E-state index in [2.05, 4.69) is 6.58 Å². The normalized spacial score (nSPS) is 16.1. The highest BCUT2D eigenvalue weighted by molar-refractivity contribution is 8.07. The lowest BCUT2D eigenvalue weighted by molar-refractivity contribution is -0.112. The van der Waals surface area contributed by atoms with Crippen molar-refractivity contribution in [2.75, 3.05) is 7.11 Å². The number of carbonyl (C=O) groups is 1. The molecule has 0 atom stereocenters. The van der Waals surface area contributed by atoms with Gasteiger partial charge in [-0.25, -0.2) is 0 Å². The van der Waals surface area contributed by atoms with Crippen molar-refractivity contribution in [2.45, 2.75) is 26.7 Å². The molecule has 2 nitrogen and oxygen atoms in total. The molecule has 1 aliphatic carbocycles. The second-order valence-electron chi connectivity index (χ2n) is 3.95. The van der Waals surface area contributed by atoms with Gasteiger partial charge in [-0.1, -0.05) is 24.4 Å². The van der Waals surface area contributed by atoms with Crippen LogP contribution in [0.4, 0.5) is 0 Å². The molecule has 0 amide bonds. The first-order valence-corrected chi connectivity index (χ1v) is 6.34. The molecule has 3 heteroatoms. The summed E-state index contributed by atoms with van der Waals surface area (Å²) in [5.41, 5.74) is 1.16. The zero-order valence-electron chi connectivity index (χ0n) is 10.6. The number of methoxy groups -OCH3 is 1. The number of rotatable bonds is 5. The van der Waals surface area contributed by atoms with Crippen LogP contribution in [0.15, 0.2) is 45.9 Å². The van der Waals surface area contributed by atoms with Gasteiger partial charge in [-0.05, 0) is 42.9 Å². The molecular weight excluding hydrogens is 232 g/mol. The third kappa shape index (κ3) is 4.65. The summed E-state index contributed by atoms with van der Waals surface area (Å²) in [6, 6.07) is 0. The van der Waals surface area contributed by atoms with Crippen LogP contribution in [0, 0.1) is 0 Å². The van der Waals surface area contributed by atoms with Crippen molar-refractivity contribution in [1.82, 2.24) is 0 Å². The van der Waals surface area contributed by atoms with Gasteiger partial charge in [0.25, 0.3) is 0 Å². The Balaban J connectivity index is 2.85. The molecule has 92 valence electrons. The number of carbonyl (C=O) groups excluding carboxylic acids is 1. The van der Waals surface area contributed by atoms with Crippen LogP contribution in [0.3, 0.4) is 0 Å². The number of hydrogen-bond acceptors (Lipinski definition) is 3. The third-order valence-electron chi connectivity index (χ3n) is 2.35. The van der Waals surface area contributed by atoms with E-state index in [4.69, 9.17) is 4.74 Å². The van der Waals surface area contributed by atoms with E-state index >= 15 is 0 Å². The molecule has 17 heavy (non-hydrogen) atoms. The third-order valence-corrected chi connectivity index (χ3v) is 3.33. The Bertz CT molecular complexity index is 414. The summed E-state index contributed by atoms with van der Waals surface area (Å²) in [5.74, 6) is 1.07. The smallest absolute Gasteiger partial charge is 0.166 e. The fourth-order valence-electron chi connectivity index (χ4n) is 1.48. The van der Waals surface area contributed by atoms with E-state index in [9.17, 15) is 4.79 Å².